The first-order valence-electron chi connectivity index (χ1n) is 8.41. The molecule has 126 valence electrons. The predicted octanol–water partition coefficient (Wildman–Crippen LogP) is 3.95. The number of amides is 2. The highest BCUT2D eigenvalue weighted by molar-refractivity contribution is 6.33. The lowest BCUT2D eigenvalue weighted by Crippen LogP contribution is -2.38. The molecule has 0 radical (unpaired) electrons. The van der Waals surface area contributed by atoms with Gasteiger partial charge in [0.2, 0.25) is 11.8 Å². The van der Waals surface area contributed by atoms with Gasteiger partial charge in [-0.25, -0.2) is 0 Å². The number of para-hydroxylation sites is 1. The Labute approximate surface area is 143 Å². The van der Waals surface area contributed by atoms with Gasteiger partial charge >= 0.3 is 0 Å². The summed E-state index contributed by atoms with van der Waals surface area (Å²) in [4.78, 5) is 26.6. The maximum atomic E-state index is 12.4. The van der Waals surface area contributed by atoms with Gasteiger partial charge < -0.3 is 10.2 Å². The van der Waals surface area contributed by atoms with Crippen molar-refractivity contribution in [1.29, 1.82) is 0 Å². The average molecular weight is 337 g/mol. The van der Waals surface area contributed by atoms with Crippen LogP contribution < -0.4 is 5.32 Å². The van der Waals surface area contributed by atoms with Gasteiger partial charge in [0.15, 0.2) is 0 Å². The van der Waals surface area contributed by atoms with E-state index in [2.05, 4.69) is 5.32 Å². The molecule has 2 amide bonds. The minimum atomic E-state index is -0.0352. The number of carbonyl (C=O) groups is 2. The van der Waals surface area contributed by atoms with E-state index in [4.69, 9.17) is 11.6 Å². The molecule has 0 aromatic heterocycles. The van der Waals surface area contributed by atoms with Crippen molar-refractivity contribution in [2.24, 2.45) is 11.8 Å². The first-order valence-corrected chi connectivity index (χ1v) is 8.78. The molecule has 1 aliphatic carbocycles. The Bertz CT molecular complexity index is 550. The molecule has 0 aliphatic heterocycles. The van der Waals surface area contributed by atoms with E-state index in [1.807, 2.05) is 30.9 Å². The van der Waals surface area contributed by atoms with Crippen LogP contribution in [0.2, 0.25) is 5.02 Å². The van der Waals surface area contributed by atoms with Crippen LogP contribution in [0.1, 0.15) is 39.5 Å². The minimum absolute atomic E-state index is 0.00633. The summed E-state index contributed by atoms with van der Waals surface area (Å²) in [5, 5.41) is 3.45. The van der Waals surface area contributed by atoms with E-state index in [0.717, 1.165) is 38.8 Å². The van der Waals surface area contributed by atoms with E-state index in [-0.39, 0.29) is 23.7 Å². The van der Waals surface area contributed by atoms with Gasteiger partial charge in [-0.3, -0.25) is 9.59 Å². The summed E-state index contributed by atoms with van der Waals surface area (Å²) in [6, 6.07) is 7.25. The number of hydrogen-bond acceptors (Lipinski definition) is 2. The van der Waals surface area contributed by atoms with Gasteiger partial charge in [0.1, 0.15) is 0 Å². The molecular weight excluding hydrogens is 312 g/mol. The Morgan fingerprint density at radius 2 is 1.65 bits per heavy atom. The zero-order valence-electron chi connectivity index (χ0n) is 13.8. The maximum absolute atomic E-state index is 12.4. The smallest absolute Gasteiger partial charge is 0.227 e. The van der Waals surface area contributed by atoms with E-state index in [1.165, 1.54) is 0 Å². The van der Waals surface area contributed by atoms with Crippen LogP contribution in [0.5, 0.6) is 0 Å². The zero-order valence-corrected chi connectivity index (χ0v) is 14.6. The van der Waals surface area contributed by atoms with Gasteiger partial charge in [-0.2, -0.15) is 0 Å². The van der Waals surface area contributed by atoms with Crippen LogP contribution in [0.4, 0.5) is 5.69 Å². The van der Waals surface area contributed by atoms with Gasteiger partial charge in [-0.15, -0.1) is 0 Å². The zero-order chi connectivity index (χ0) is 16.8. The summed E-state index contributed by atoms with van der Waals surface area (Å²) in [6.45, 7) is 5.51. The van der Waals surface area contributed by atoms with Gasteiger partial charge in [-0.1, -0.05) is 23.7 Å². The van der Waals surface area contributed by atoms with Crippen molar-refractivity contribution < 1.29 is 9.59 Å². The fraction of sp³-hybridized carbons (Fsp3) is 0.556. The molecule has 1 N–H and O–H groups in total. The quantitative estimate of drug-likeness (QED) is 0.885. The van der Waals surface area contributed by atoms with Crippen molar-refractivity contribution in [3.63, 3.8) is 0 Å². The molecule has 0 bridgehead atoms. The highest BCUT2D eigenvalue weighted by Gasteiger charge is 2.31. The largest absolute Gasteiger partial charge is 0.343 e. The lowest BCUT2D eigenvalue weighted by atomic mass is 9.81. The Morgan fingerprint density at radius 3 is 2.22 bits per heavy atom. The molecule has 1 fully saturated rings. The second-order valence-corrected chi connectivity index (χ2v) is 6.44. The number of nitrogens with zero attached hydrogens (tertiary/aromatic N) is 1. The molecule has 0 spiro atoms. The number of nitrogens with one attached hydrogen (secondary N) is 1. The fourth-order valence-electron chi connectivity index (χ4n) is 3.19. The maximum Gasteiger partial charge on any atom is 0.227 e. The van der Waals surface area contributed by atoms with Gasteiger partial charge in [-0.05, 0) is 51.7 Å². The Kier molecular flexibility index (Phi) is 6.46. The lowest BCUT2D eigenvalue weighted by Gasteiger charge is -2.30. The van der Waals surface area contributed by atoms with Crippen LogP contribution in [0.3, 0.4) is 0 Å². The monoisotopic (exact) mass is 336 g/mol. The first-order chi connectivity index (χ1) is 11.1. The molecule has 0 saturated heterocycles. The standard InChI is InChI=1S/C18H25ClN2O2/c1-3-21(4-2)18(23)14-11-9-13(10-12-14)17(22)20-16-8-6-5-7-15(16)19/h5-8,13-14H,3-4,9-12H2,1-2H3,(H,20,22). The summed E-state index contributed by atoms with van der Waals surface area (Å²) in [7, 11) is 0. The summed E-state index contributed by atoms with van der Waals surface area (Å²) in [5.74, 6) is 0.276. The molecule has 0 heterocycles. The first kappa shape index (κ1) is 17.8. The Morgan fingerprint density at radius 1 is 1.09 bits per heavy atom. The normalized spacial score (nSPS) is 20.8. The third-order valence-electron chi connectivity index (χ3n) is 4.65. The van der Waals surface area contributed by atoms with E-state index in [1.54, 1.807) is 12.1 Å². The molecule has 0 atom stereocenters. The topological polar surface area (TPSA) is 49.4 Å². The molecule has 4 nitrogen and oxygen atoms in total. The third-order valence-corrected chi connectivity index (χ3v) is 4.98. The SMILES string of the molecule is CCN(CC)C(=O)C1CCC(C(=O)Nc2ccccc2Cl)CC1. The van der Waals surface area contributed by atoms with Crippen LogP contribution >= 0.6 is 11.6 Å². The minimum Gasteiger partial charge on any atom is -0.343 e. The molecule has 2 rings (SSSR count). The molecule has 1 aromatic carbocycles. The number of benzene rings is 1. The van der Waals surface area contributed by atoms with E-state index in [0.29, 0.717) is 10.7 Å². The van der Waals surface area contributed by atoms with Gasteiger partial charge in [0, 0.05) is 24.9 Å². The highest BCUT2D eigenvalue weighted by Crippen LogP contribution is 2.31. The van der Waals surface area contributed by atoms with E-state index < -0.39 is 0 Å². The number of hydrogen-bond donors (Lipinski definition) is 1. The van der Waals surface area contributed by atoms with Crippen LogP contribution in [0.15, 0.2) is 24.3 Å². The van der Waals surface area contributed by atoms with Gasteiger partial charge in [0.05, 0.1) is 10.7 Å². The van der Waals surface area contributed by atoms with Crippen molar-refractivity contribution in [2.75, 3.05) is 18.4 Å². The molecular formula is C18H25ClN2O2. The highest BCUT2D eigenvalue weighted by atomic mass is 35.5. The molecule has 1 saturated carbocycles. The van der Waals surface area contributed by atoms with Crippen LogP contribution in [0, 0.1) is 11.8 Å². The summed E-state index contributed by atoms with van der Waals surface area (Å²) in [6.07, 6.45) is 3.09. The van der Waals surface area contributed by atoms with Crippen molar-refractivity contribution in [1.82, 2.24) is 4.90 Å². The van der Waals surface area contributed by atoms with E-state index >= 15 is 0 Å². The van der Waals surface area contributed by atoms with Crippen molar-refractivity contribution in [3.05, 3.63) is 29.3 Å². The van der Waals surface area contributed by atoms with E-state index in [9.17, 15) is 9.59 Å². The molecule has 0 unspecified atom stereocenters. The third kappa shape index (κ3) is 4.47. The van der Waals surface area contributed by atoms with Crippen LogP contribution in [-0.2, 0) is 9.59 Å². The molecule has 5 heteroatoms. The van der Waals surface area contributed by atoms with Crippen molar-refractivity contribution in [2.45, 2.75) is 39.5 Å². The van der Waals surface area contributed by atoms with Crippen molar-refractivity contribution >= 4 is 29.1 Å². The summed E-state index contributed by atoms with van der Waals surface area (Å²) >= 11 is 6.07. The van der Waals surface area contributed by atoms with Crippen LogP contribution in [0.25, 0.3) is 0 Å². The van der Waals surface area contributed by atoms with Gasteiger partial charge in [0.25, 0.3) is 0 Å². The Balaban J connectivity index is 1.88. The van der Waals surface area contributed by atoms with Crippen LogP contribution in [-0.4, -0.2) is 29.8 Å². The summed E-state index contributed by atoms with van der Waals surface area (Å²) < 4.78 is 0. The second kappa shape index (κ2) is 8.34. The predicted molar refractivity (Wildman–Crippen MR) is 93.5 cm³/mol. The molecule has 1 aromatic rings. The lowest BCUT2D eigenvalue weighted by molar-refractivity contribution is -0.137. The van der Waals surface area contributed by atoms with Crippen molar-refractivity contribution in [3.8, 4) is 0 Å². The summed E-state index contributed by atoms with van der Waals surface area (Å²) in [5.41, 5.74) is 0.653. The Hall–Kier alpha value is -1.55. The average Bonchev–Trinajstić information content (AvgIpc) is 2.58. The number of halogens is 1. The number of carbonyl (C=O) groups excluding carboxylic acids is 2. The molecule has 1 aliphatic rings. The molecule has 23 heavy (non-hydrogen) atoms. The number of rotatable bonds is 5. The number of anilines is 1. The second-order valence-electron chi connectivity index (χ2n) is 6.03. The fourth-order valence-corrected chi connectivity index (χ4v) is 3.38.